The Balaban J connectivity index is 1.42. The van der Waals surface area contributed by atoms with Crippen LogP contribution in [0.25, 0.3) is 10.9 Å². The lowest BCUT2D eigenvalue weighted by molar-refractivity contribution is -0.112. The zero-order chi connectivity index (χ0) is 24.6. The van der Waals surface area contributed by atoms with E-state index in [0.29, 0.717) is 33.7 Å². The maximum Gasteiger partial charge on any atom is 0.251 e. The van der Waals surface area contributed by atoms with Gasteiger partial charge in [0.1, 0.15) is 11.6 Å². The van der Waals surface area contributed by atoms with Crippen LogP contribution in [0.15, 0.2) is 108 Å². The van der Waals surface area contributed by atoms with Crippen molar-refractivity contribution < 1.29 is 9.18 Å². The van der Waals surface area contributed by atoms with Gasteiger partial charge < -0.3 is 16.0 Å². The number of halogens is 1. The summed E-state index contributed by atoms with van der Waals surface area (Å²) >= 11 is 0. The molecule has 0 saturated heterocycles. The van der Waals surface area contributed by atoms with E-state index >= 15 is 0 Å². The molecule has 1 amide bonds. The minimum atomic E-state index is -0.362. The number of benzene rings is 2. The van der Waals surface area contributed by atoms with Gasteiger partial charge >= 0.3 is 0 Å². The fraction of sp³-hybridized carbons (Fsp3) is 0.0370. The third-order valence-electron chi connectivity index (χ3n) is 5.10. The normalized spacial score (nSPS) is 11.7. The van der Waals surface area contributed by atoms with Gasteiger partial charge in [-0.05, 0) is 80.4 Å². The molecule has 4 aromatic rings. The van der Waals surface area contributed by atoms with Gasteiger partial charge in [-0.15, -0.1) is 0 Å². The zero-order valence-electron chi connectivity index (χ0n) is 19.0. The molecule has 35 heavy (non-hydrogen) atoms. The molecule has 0 atom stereocenters. The van der Waals surface area contributed by atoms with Crippen LogP contribution in [-0.4, -0.2) is 22.6 Å². The van der Waals surface area contributed by atoms with E-state index in [1.807, 2.05) is 36.4 Å². The van der Waals surface area contributed by atoms with Gasteiger partial charge in [0.2, 0.25) is 0 Å². The number of nitrogens with one attached hydrogen (secondary N) is 3. The summed E-state index contributed by atoms with van der Waals surface area (Å²) in [5.41, 5.74) is 4.22. The van der Waals surface area contributed by atoms with Crippen molar-refractivity contribution in [1.29, 1.82) is 0 Å². The number of hydrogen-bond acceptors (Lipinski definition) is 6. The lowest BCUT2D eigenvalue weighted by atomic mass is 10.2. The van der Waals surface area contributed by atoms with Crippen molar-refractivity contribution in [3.8, 4) is 0 Å². The second-order valence-electron chi connectivity index (χ2n) is 7.60. The molecule has 0 radical (unpaired) electrons. The number of carbonyl (C=O) groups excluding carboxylic acids is 1. The van der Waals surface area contributed by atoms with Crippen LogP contribution in [0.2, 0.25) is 0 Å². The number of anilines is 4. The first kappa shape index (κ1) is 23.3. The number of fused-ring (bicyclic) bond motifs is 1. The Morgan fingerprint density at radius 2 is 1.63 bits per heavy atom. The van der Waals surface area contributed by atoms with Crippen molar-refractivity contribution in [3.63, 3.8) is 0 Å². The van der Waals surface area contributed by atoms with Crippen molar-refractivity contribution in [1.82, 2.24) is 9.97 Å². The lowest BCUT2D eigenvalue weighted by Gasteiger charge is -2.10. The summed E-state index contributed by atoms with van der Waals surface area (Å²) in [6, 6.07) is 17.2. The highest BCUT2D eigenvalue weighted by Gasteiger charge is 2.07. The van der Waals surface area contributed by atoms with E-state index in [9.17, 15) is 9.18 Å². The number of pyridine rings is 2. The van der Waals surface area contributed by atoms with Crippen LogP contribution in [0.4, 0.5) is 27.1 Å². The molecule has 2 aromatic carbocycles. The molecule has 0 aliphatic carbocycles. The molecule has 7 nitrogen and oxygen atoms in total. The first-order chi connectivity index (χ1) is 17.0. The highest BCUT2D eigenvalue weighted by molar-refractivity contribution is 6.03. The summed E-state index contributed by atoms with van der Waals surface area (Å²) in [6.45, 7) is 5.27. The minimum Gasteiger partial charge on any atom is -0.355 e. The fourth-order valence-electron chi connectivity index (χ4n) is 3.25. The molecule has 174 valence electrons. The zero-order valence-corrected chi connectivity index (χ0v) is 19.0. The van der Waals surface area contributed by atoms with E-state index < -0.39 is 0 Å². The van der Waals surface area contributed by atoms with E-state index in [1.165, 1.54) is 12.1 Å². The molecule has 0 unspecified atom stereocenters. The van der Waals surface area contributed by atoms with Gasteiger partial charge in [-0.1, -0.05) is 6.08 Å². The lowest BCUT2D eigenvalue weighted by Crippen LogP contribution is -2.12. The van der Waals surface area contributed by atoms with E-state index in [-0.39, 0.29) is 11.7 Å². The Morgan fingerprint density at radius 1 is 0.914 bits per heavy atom. The van der Waals surface area contributed by atoms with Crippen molar-refractivity contribution in [2.75, 3.05) is 16.0 Å². The van der Waals surface area contributed by atoms with Crippen LogP contribution in [0.3, 0.4) is 0 Å². The first-order valence-electron chi connectivity index (χ1n) is 10.8. The number of aromatic nitrogens is 2. The van der Waals surface area contributed by atoms with Gasteiger partial charge in [0, 0.05) is 46.6 Å². The monoisotopic (exact) mass is 466 g/mol. The Hall–Kier alpha value is -4.85. The second kappa shape index (κ2) is 10.8. The molecule has 0 saturated carbocycles. The van der Waals surface area contributed by atoms with Gasteiger partial charge in [-0.25, -0.2) is 9.38 Å². The predicted molar refractivity (Wildman–Crippen MR) is 139 cm³/mol. The first-order valence-corrected chi connectivity index (χ1v) is 10.8. The van der Waals surface area contributed by atoms with E-state index in [2.05, 4.69) is 37.6 Å². The molecule has 2 heterocycles. The number of nitrogens with zero attached hydrogens (tertiary/aromatic N) is 3. The average molecular weight is 467 g/mol. The number of carbonyl (C=O) groups is 1. The Morgan fingerprint density at radius 3 is 2.37 bits per heavy atom. The molecule has 0 bridgehead atoms. The molecule has 8 heteroatoms. The van der Waals surface area contributed by atoms with Crippen LogP contribution in [0.1, 0.15) is 6.92 Å². The van der Waals surface area contributed by atoms with Gasteiger partial charge in [-0.3, -0.25) is 14.8 Å². The quantitative estimate of drug-likeness (QED) is 0.167. The SMILES string of the molecule is C=N/C(=C\C=C(/C)C(=O)Nc1ccc(Nc2ccncc2)cc1)Nc1ccnc2ccc(F)cc12. The van der Waals surface area contributed by atoms with E-state index in [4.69, 9.17) is 0 Å². The number of aliphatic imine (C=N–C) groups is 1. The number of hydrogen-bond donors (Lipinski definition) is 3. The third-order valence-corrected chi connectivity index (χ3v) is 5.10. The number of rotatable bonds is 8. The Bertz CT molecular complexity index is 1420. The summed E-state index contributed by atoms with van der Waals surface area (Å²) in [5.74, 6) is -0.212. The van der Waals surface area contributed by atoms with Crippen LogP contribution >= 0.6 is 0 Å². The highest BCUT2D eigenvalue weighted by atomic mass is 19.1. The second-order valence-corrected chi connectivity index (χ2v) is 7.60. The Kier molecular flexibility index (Phi) is 7.22. The third kappa shape index (κ3) is 6.14. The van der Waals surface area contributed by atoms with Crippen LogP contribution in [-0.2, 0) is 4.79 Å². The summed E-state index contributed by atoms with van der Waals surface area (Å²) in [7, 11) is 0. The molecule has 0 fully saturated rings. The van der Waals surface area contributed by atoms with Crippen LogP contribution in [0.5, 0.6) is 0 Å². The maximum absolute atomic E-state index is 13.7. The largest absolute Gasteiger partial charge is 0.355 e. The van der Waals surface area contributed by atoms with Gasteiger partial charge in [0.25, 0.3) is 5.91 Å². The minimum absolute atomic E-state index is 0.254. The molecule has 3 N–H and O–H groups in total. The molecular formula is C27H23FN6O. The summed E-state index contributed by atoms with van der Waals surface area (Å²) in [6.07, 6.45) is 8.31. The van der Waals surface area contributed by atoms with Crippen molar-refractivity contribution in [3.05, 3.63) is 109 Å². The molecule has 4 rings (SSSR count). The van der Waals surface area contributed by atoms with Crippen LogP contribution < -0.4 is 16.0 Å². The molecule has 2 aromatic heterocycles. The molecule has 0 aliphatic rings. The molecule has 0 spiro atoms. The van der Waals surface area contributed by atoms with Gasteiger partial charge in [0.05, 0.1) is 11.2 Å². The fourth-order valence-corrected chi connectivity index (χ4v) is 3.25. The standard InChI is InChI=1S/C27H23FN6O/c1-18(27(35)33-21-7-5-20(6-8-21)32-22-11-14-30-15-12-22)3-10-26(29-2)34-25-13-16-31-24-9-4-19(28)17-23(24)25/h3-17H,2H2,1H3,(H,30,32)(H,31,34)(H,33,35)/b18-3+,26-10+. The Labute approximate surface area is 202 Å². The number of amides is 1. The summed E-state index contributed by atoms with van der Waals surface area (Å²) in [5, 5.41) is 9.84. The topological polar surface area (TPSA) is 91.3 Å². The van der Waals surface area contributed by atoms with Gasteiger partial charge in [0.15, 0.2) is 0 Å². The number of allylic oxidation sites excluding steroid dienone is 2. The average Bonchev–Trinajstić information content (AvgIpc) is 2.88. The summed E-state index contributed by atoms with van der Waals surface area (Å²) < 4.78 is 13.7. The summed E-state index contributed by atoms with van der Waals surface area (Å²) in [4.78, 5) is 24.8. The van der Waals surface area contributed by atoms with Crippen molar-refractivity contribution in [2.24, 2.45) is 4.99 Å². The van der Waals surface area contributed by atoms with Crippen LogP contribution in [0, 0.1) is 5.82 Å². The van der Waals surface area contributed by atoms with Crippen molar-refractivity contribution in [2.45, 2.75) is 6.92 Å². The highest BCUT2D eigenvalue weighted by Crippen LogP contribution is 2.24. The smallest absolute Gasteiger partial charge is 0.251 e. The maximum atomic E-state index is 13.7. The molecular weight excluding hydrogens is 443 g/mol. The molecule has 0 aliphatic heterocycles. The van der Waals surface area contributed by atoms with Gasteiger partial charge in [-0.2, -0.15) is 0 Å². The van der Waals surface area contributed by atoms with E-state index in [1.54, 1.807) is 49.8 Å². The van der Waals surface area contributed by atoms with E-state index in [0.717, 1.165) is 11.4 Å². The predicted octanol–water partition coefficient (Wildman–Crippen LogP) is 6.05. The van der Waals surface area contributed by atoms with Crippen molar-refractivity contribution >= 4 is 46.3 Å².